The fourth-order valence-electron chi connectivity index (χ4n) is 13.0. The van der Waals surface area contributed by atoms with Crippen LogP contribution in [0.5, 0.6) is 0 Å². The highest BCUT2D eigenvalue weighted by Crippen LogP contribution is 2.80. The number of carboxylic acids is 1. The number of hydrogen-bond donors (Lipinski definition) is 1. The van der Waals surface area contributed by atoms with Crippen LogP contribution in [-0.4, -0.2) is 84.1 Å². The maximum Gasteiger partial charge on any atom is 0.314 e. The Morgan fingerprint density at radius 1 is 1.00 bits per heavy atom. The first-order valence-electron chi connectivity index (χ1n) is 19.3. The number of rotatable bonds is 10. The van der Waals surface area contributed by atoms with E-state index < -0.39 is 11.4 Å². The summed E-state index contributed by atoms with van der Waals surface area (Å²) in [5, 5.41) is 11.4. The monoisotopic (exact) mass is 624 g/mol. The number of nitrogens with zero attached hydrogens (tertiary/aromatic N) is 2. The average Bonchev–Trinajstić information content (AvgIpc) is 3.71. The summed E-state index contributed by atoms with van der Waals surface area (Å²) in [6.45, 7) is 19.1. The number of piperidine rings is 1. The predicted molar refractivity (Wildman–Crippen MR) is 179 cm³/mol. The lowest BCUT2D eigenvalue weighted by Gasteiger charge is -2.56. The van der Waals surface area contributed by atoms with Gasteiger partial charge >= 0.3 is 5.97 Å². The van der Waals surface area contributed by atoms with Crippen LogP contribution >= 0.6 is 0 Å². The van der Waals surface area contributed by atoms with Crippen LogP contribution in [0.15, 0.2) is 11.6 Å². The third-order valence-electron chi connectivity index (χ3n) is 14.7. The Bertz CT molecular complexity index is 1110. The number of fused-ring (bicyclic) bond motifs is 2. The molecule has 1 N–H and O–H groups in total. The normalized spacial score (nSPS) is 47.0. The number of allylic oxidation sites excluding steroid dienone is 1. The molecule has 0 spiro atoms. The molecular formula is C39H64N2O4. The number of hydrogen-bond acceptors (Lipinski definition) is 5. The van der Waals surface area contributed by atoms with Gasteiger partial charge in [0.15, 0.2) is 0 Å². The van der Waals surface area contributed by atoms with Crippen molar-refractivity contribution in [2.24, 2.45) is 52.3 Å². The second-order valence-corrected chi connectivity index (χ2v) is 17.4. The second kappa shape index (κ2) is 12.5. The lowest BCUT2D eigenvalue weighted by molar-refractivity contribution is -0.182. The highest BCUT2D eigenvalue weighted by atomic mass is 16.5. The van der Waals surface area contributed by atoms with E-state index in [1.807, 2.05) is 0 Å². The molecule has 0 aromatic rings. The number of unbranched alkanes of at least 4 members (excludes halogenated alkanes) is 2. The van der Waals surface area contributed by atoms with E-state index in [0.717, 1.165) is 52.0 Å². The smallest absolute Gasteiger partial charge is 0.314 e. The molecule has 7 aliphatic rings. The molecule has 6 heteroatoms. The minimum absolute atomic E-state index is 0.0651. The van der Waals surface area contributed by atoms with Crippen LogP contribution in [0.3, 0.4) is 0 Å². The van der Waals surface area contributed by atoms with Gasteiger partial charge in [-0.1, -0.05) is 65.0 Å². The minimum atomic E-state index is -0.727. The Kier molecular flexibility index (Phi) is 9.05. The predicted octanol–water partition coefficient (Wildman–Crippen LogP) is 7.27. The third kappa shape index (κ3) is 5.12. The molecule has 12 atom stereocenters. The lowest BCUT2D eigenvalue weighted by atomic mass is 9.46. The van der Waals surface area contributed by atoms with Crippen LogP contribution in [-0.2, 0) is 14.3 Å². The van der Waals surface area contributed by atoms with Gasteiger partial charge in [-0.2, -0.15) is 0 Å². The Morgan fingerprint density at radius 2 is 1.73 bits per heavy atom. The second-order valence-electron chi connectivity index (χ2n) is 17.4. The zero-order chi connectivity index (χ0) is 31.7. The highest BCUT2D eigenvalue weighted by Gasteiger charge is 2.80. The Hall–Kier alpha value is -0.950. The summed E-state index contributed by atoms with van der Waals surface area (Å²) in [4.78, 5) is 19.3. The average molecular weight is 625 g/mol. The van der Waals surface area contributed by atoms with Crippen LogP contribution in [0.4, 0.5) is 0 Å². The minimum Gasteiger partial charge on any atom is -0.481 e. The molecule has 3 heterocycles. The molecule has 45 heavy (non-hydrogen) atoms. The summed E-state index contributed by atoms with van der Waals surface area (Å²) in [6, 6.07) is 0.664. The van der Waals surface area contributed by atoms with Crippen molar-refractivity contribution in [3.63, 3.8) is 0 Å². The summed E-state index contributed by atoms with van der Waals surface area (Å²) in [5.41, 5.74) is 0.268. The van der Waals surface area contributed by atoms with Crippen molar-refractivity contribution < 1.29 is 19.4 Å². The third-order valence-corrected chi connectivity index (χ3v) is 14.7. The number of carboxylic acid groups (broad SMARTS) is 1. The van der Waals surface area contributed by atoms with Crippen molar-refractivity contribution >= 4 is 5.97 Å². The molecule has 7 unspecified atom stereocenters. The van der Waals surface area contributed by atoms with Gasteiger partial charge in [0, 0.05) is 31.1 Å². The van der Waals surface area contributed by atoms with Crippen LogP contribution in [0.2, 0.25) is 0 Å². The topological polar surface area (TPSA) is 62.2 Å². The zero-order valence-electron chi connectivity index (χ0n) is 29.4. The highest BCUT2D eigenvalue weighted by molar-refractivity contribution is 5.84. The first-order chi connectivity index (χ1) is 21.6. The summed E-state index contributed by atoms with van der Waals surface area (Å²) in [6.07, 6.45) is 16.6. The van der Waals surface area contributed by atoms with Crippen LogP contribution in [0.25, 0.3) is 0 Å². The van der Waals surface area contributed by atoms with E-state index in [0.29, 0.717) is 47.8 Å². The molecule has 254 valence electrons. The molecule has 0 aromatic heterocycles. The van der Waals surface area contributed by atoms with Crippen LogP contribution < -0.4 is 0 Å². The maximum atomic E-state index is 13.9. The van der Waals surface area contributed by atoms with Gasteiger partial charge in [0.2, 0.25) is 0 Å². The van der Waals surface area contributed by atoms with Crippen molar-refractivity contribution in [3.05, 3.63) is 11.6 Å². The van der Waals surface area contributed by atoms with Gasteiger partial charge in [0.25, 0.3) is 0 Å². The van der Waals surface area contributed by atoms with E-state index in [-0.39, 0.29) is 29.5 Å². The number of likely N-dealkylation sites (tertiary alicyclic amines) is 1. The van der Waals surface area contributed by atoms with Gasteiger partial charge in [-0.25, -0.2) is 0 Å². The zero-order valence-corrected chi connectivity index (χ0v) is 29.4. The molecule has 3 saturated carbocycles. The summed E-state index contributed by atoms with van der Waals surface area (Å²) in [7, 11) is 0. The Balaban J connectivity index is 1.13. The van der Waals surface area contributed by atoms with Crippen molar-refractivity contribution in [2.75, 3.05) is 32.7 Å². The summed E-state index contributed by atoms with van der Waals surface area (Å²) >= 11 is 0. The summed E-state index contributed by atoms with van der Waals surface area (Å²) in [5.74, 6) is 2.90. The Morgan fingerprint density at radius 3 is 2.40 bits per heavy atom. The SMILES string of the molecule is CCCCCC1CC(C23C[C@@H]4[C@H](C)CC[C@H]4C4CC2C=C(C(C)C)C43C(=O)O)OC1CN1CCC(N2C[C@@H](C)O[C@@H](C)C2)CC1. The molecule has 3 aliphatic heterocycles. The van der Waals surface area contributed by atoms with Gasteiger partial charge in [-0.05, 0) is 113 Å². The molecule has 0 amide bonds. The van der Waals surface area contributed by atoms with E-state index in [2.05, 4.69) is 57.4 Å². The largest absolute Gasteiger partial charge is 0.481 e. The van der Waals surface area contributed by atoms with Gasteiger partial charge in [0.05, 0.1) is 24.4 Å². The molecular weight excluding hydrogens is 560 g/mol. The molecule has 6 fully saturated rings. The van der Waals surface area contributed by atoms with E-state index in [1.165, 1.54) is 56.9 Å². The lowest BCUT2D eigenvalue weighted by Crippen LogP contribution is -2.60. The van der Waals surface area contributed by atoms with Gasteiger partial charge in [0.1, 0.15) is 5.41 Å². The van der Waals surface area contributed by atoms with E-state index in [9.17, 15) is 9.90 Å². The van der Waals surface area contributed by atoms with Crippen molar-refractivity contribution in [1.82, 2.24) is 9.80 Å². The maximum absolute atomic E-state index is 13.9. The fourth-order valence-corrected chi connectivity index (χ4v) is 13.0. The molecule has 3 saturated heterocycles. The van der Waals surface area contributed by atoms with Crippen molar-refractivity contribution in [1.29, 1.82) is 0 Å². The van der Waals surface area contributed by atoms with Gasteiger partial charge in [-0.15, -0.1) is 0 Å². The van der Waals surface area contributed by atoms with E-state index in [4.69, 9.17) is 9.47 Å². The Labute approximate surface area is 274 Å². The van der Waals surface area contributed by atoms with Crippen LogP contribution in [0.1, 0.15) is 112 Å². The standard InChI is InChI=1S/C39H64N2O4/c1-7-8-9-10-28-17-36(45-35(28)23-40-15-13-30(14-16-40)41-21-26(5)44-27(6)22-41)38-20-32-25(4)11-12-31(32)34-19-29(38)18-33(24(2)3)39(34,38)37(42)43/h18,24-32,34-36H,7-17,19-23H2,1-6H3,(H,42,43)/t25-,26-,27+,28?,29?,31-,32-,34?,35?,36?,38?,39?/m1/s1. The molecule has 4 aliphatic carbocycles. The molecule has 6 nitrogen and oxygen atoms in total. The van der Waals surface area contributed by atoms with Gasteiger partial charge < -0.3 is 19.5 Å². The van der Waals surface area contributed by atoms with E-state index >= 15 is 0 Å². The molecule has 4 bridgehead atoms. The first kappa shape index (κ1) is 32.6. The van der Waals surface area contributed by atoms with Crippen molar-refractivity contribution in [2.45, 2.75) is 143 Å². The molecule has 7 rings (SSSR count). The molecule has 0 aromatic carbocycles. The summed E-state index contributed by atoms with van der Waals surface area (Å²) < 4.78 is 13.5. The number of carbonyl (C=O) groups is 1. The van der Waals surface area contributed by atoms with Crippen molar-refractivity contribution in [3.8, 4) is 0 Å². The van der Waals surface area contributed by atoms with Gasteiger partial charge in [-0.3, -0.25) is 9.69 Å². The number of ether oxygens (including phenoxy) is 2. The first-order valence-corrected chi connectivity index (χ1v) is 19.3. The van der Waals surface area contributed by atoms with E-state index in [1.54, 1.807) is 0 Å². The van der Waals surface area contributed by atoms with Crippen LogP contribution in [0, 0.1) is 52.3 Å². The fraction of sp³-hybridized carbons (Fsp3) is 0.923. The number of morpholine rings is 1. The quantitative estimate of drug-likeness (QED) is 0.204. The molecule has 0 radical (unpaired) electrons. The number of aliphatic carboxylic acids is 1.